The molecule has 18 heavy (non-hydrogen) atoms. The number of nitro groups is 1. The van der Waals surface area contributed by atoms with Gasteiger partial charge in [0, 0.05) is 18.3 Å². The van der Waals surface area contributed by atoms with Gasteiger partial charge in [-0.15, -0.1) is 0 Å². The Morgan fingerprint density at radius 2 is 2.00 bits per heavy atom. The first-order chi connectivity index (χ1) is 8.74. The van der Waals surface area contributed by atoms with E-state index in [9.17, 15) is 10.1 Å². The normalized spacial score (nSPS) is 15.3. The van der Waals surface area contributed by atoms with E-state index in [0.717, 1.165) is 5.69 Å². The van der Waals surface area contributed by atoms with E-state index in [4.69, 9.17) is 0 Å². The van der Waals surface area contributed by atoms with E-state index in [-0.39, 0.29) is 5.69 Å². The summed E-state index contributed by atoms with van der Waals surface area (Å²) in [4.78, 5) is 10.2. The number of hydrogen-bond acceptors (Lipinski definition) is 3. The van der Waals surface area contributed by atoms with E-state index in [1.807, 2.05) is 12.4 Å². The van der Waals surface area contributed by atoms with Crippen molar-refractivity contribution in [3.8, 4) is 5.69 Å². The molecule has 3 rings (SSSR count). The van der Waals surface area contributed by atoms with Crippen LogP contribution >= 0.6 is 0 Å². The van der Waals surface area contributed by atoms with Gasteiger partial charge < -0.3 is 0 Å². The zero-order chi connectivity index (χ0) is 12.5. The summed E-state index contributed by atoms with van der Waals surface area (Å²) in [6.45, 7) is 0. The lowest BCUT2D eigenvalue weighted by molar-refractivity contribution is -0.384. The van der Waals surface area contributed by atoms with Gasteiger partial charge in [-0.3, -0.25) is 10.1 Å². The first-order valence-electron chi connectivity index (χ1n) is 6.03. The van der Waals surface area contributed by atoms with Crippen LogP contribution in [0.15, 0.2) is 36.7 Å². The lowest BCUT2D eigenvalue weighted by Crippen LogP contribution is -2.07. The molecular formula is C13H13N3O2. The number of nitrogens with zero attached hydrogens (tertiary/aromatic N) is 3. The molecule has 0 radical (unpaired) electrons. The van der Waals surface area contributed by atoms with Gasteiger partial charge in [-0.25, -0.2) is 4.68 Å². The number of benzene rings is 1. The summed E-state index contributed by atoms with van der Waals surface area (Å²) in [5.74, 6) is 0.650. The molecule has 0 aliphatic heterocycles. The van der Waals surface area contributed by atoms with Crippen LogP contribution in [0.2, 0.25) is 0 Å². The smallest absolute Gasteiger partial charge is 0.258 e. The number of rotatable bonds is 3. The van der Waals surface area contributed by atoms with E-state index in [1.165, 1.54) is 37.0 Å². The molecule has 2 aromatic rings. The van der Waals surface area contributed by atoms with Crippen LogP contribution in [0.4, 0.5) is 5.69 Å². The molecule has 1 aliphatic carbocycles. The third kappa shape index (κ3) is 1.88. The van der Waals surface area contributed by atoms with Gasteiger partial charge in [0.2, 0.25) is 0 Å². The van der Waals surface area contributed by atoms with Crippen molar-refractivity contribution in [1.82, 2.24) is 9.78 Å². The van der Waals surface area contributed by atoms with Crippen molar-refractivity contribution in [2.75, 3.05) is 0 Å². The fourth-order valence-electron chi connectivity index (χ4n) is 2.16. The van der Waals surface area contributed by atoms with Gasteiger partial charge >= 0.3 is 0 Å². The number of non-ortho nitro benzene ring substituents is 1. The summed E-state index contributed by atoms with van der Waals surface area (Å²) in [6.07, 6.45) is 7.70. The largest absolute Gasteiger partial charge is 0.269 e. The Labute approximate surface area is 104 Å². The molecule has 1 fully saturated rings. The molecular weight excluding hydrogens is 230 g/mol. The van der Waals surface area contributed by atoms with Crippen molar-refractivity contribution in [3.63, 3.8) is 0 Å². The van der Waals surface area contributed by atoms with Crippen molar-refractivity contribution in [2.45, 2.75) is 25.2 Å². The summed E-state index contributed by atoms with van der Waals surface area (Å²) in [7, 11) is 0. The zero-order valence-electron chi connectivity index (χ0n) is 9.82. The van der Waals surface area contributed by atoms with E-state index >= 15 is 0 Å². The van der Waals surface area contributed by atoms with E-state index in [0.29, 0.717) is 5.92 Å². The predicted molar refractivity (Wildman–Crippen MR) is 66.8 cm³/mol. The second-order valence-corrected chi connectivity index (χ2v) is 4.62. The van der Waals surface area contributed by atoms with Crippen LogP contribution in [0.3, 0.4) is 0 Å². The minimum absolute atomic E-state index is 0.102. The zero-order valence-corrected chi connectivity index (χ0v) is 9.82. The van der Waals surface area contributed by atoms with Crippen LogP contribution in [0.1, 0.15) is 30.7 Å². The lowest BCUT2D eigenvalue weighted by atomic mass is 9.81. The Hall–Kier alpha value is -2.17. The molecule has 0 N–H and O–H groups in total. The van der Waals surface area contributed by atoms with Crippen LogP contribution in [-0.2, 0) is 0 Å². The maximum absolute atomic E-state index is 10.6. The molecule has 0 amide bonds. The van der Waals surface area contributed by atoms with Gasteiger partial charge in [-0.2, -0.15) is 5.10 Å². The monoisotopic (exact) mass is 243 g/mol. The van der Waals surface area contributed by atoms with Crippen LogP contribution in [0.5, 0.6) is 0 Å². The standard InChI is InChI=1S/C13H13N3O2/c17-16(18)13-6-4-12(5-7-13)15-9-11(8-14-15)10-2-1-3-10/h4-10H,1-3H2. The summed E-state index contributed by atoms with van der Waals surface area (Å²) in [5.41, 5.74) is 2.22. The second kappa shape index (κ2) is 4.25. The average molecular weight is 243 g/mol. The molecule has 1 aliphatic rings. The van der Waals surface area contributed by atoms with Crippen LogP contribution in [0, 0.1) is 10.1 Å². The number of nitro benzene ring substituents is 1. The molecule has 0 saturated heterocycles. The van der Waals surface area contributed by atoms with Crippen LogP contribution in [0.25, 0.3) is 5.69 Å². The van der Waals surface area contributed by atoms with E-state index in [2.05, 4.69) is 5.10 Å². The fourth-order valence-corrected chi connectivity index (χ4v) is 2.16. The minimum Gasteiger partial charge on any atom is -0.258 e. The molecule has 5 nitrogen and oxygen atoms in total. The molecule has 0 unspecified atom stereocenters. The van der Waals surface area contributed by atoms with Crippen molar-refractivity contribution >= 4 is 5.69 Å². The molecule has 1 heterocycles. The Balaban J connectivity index is 1.85. The predicted octanol–water partition coefficient (Wildman–Crippen LogP) is 3.05. The van der Waals surface area contributed by atoms with E-state index < -0.39 is 4.92 Å². The maximum Gasteiger partial charge on any atom is 0.269 e. The first kappa shape index (κ1) is 11.0. The highest BCUT2D eigenvalue weighted by atomic mass is 16.6. The first-order valence-corrected chi connectivity index (χ1v) is 6.03. The molecule has 0 atom stereocenters. The summed E-state index contributed by atoms with van der Waals surface area (Å²) >= 11 is 0. The minimum atomic E-state index is -0.396. The Kier molecular flexibility index (Phi) is 2.59. The van der Waals surface area contributed by atoms with Gasteiger partial charge in [0.15, 0.2) is 0 Å². The van der Waals surface area contributed by atoms with Crippen molar-refractivity contribution < 1.29 is 4.92 Å². The topological polar surface area (TPSA) is 61.0 Å². The lowest BCUT2D eigenvalue weighted by Gasteiger charge is -2.23. The van der Waals surface area contributed by atoms with Crippen molar-refractivity contribution in [3.05, 3.63) is 52.3 Å². The van der Waals surface area contributed by atoms with E-state index in [1.54, 1.807) is 16.8 Å². The summed E-state index contributed by atoms with van der Waals surface area (Å²) < 4.78 is 1.78. The molecule has 0 bridgehead atoms. The van der Waals surface area contributed by atoms with Crippen LogP contribution < -0.4 is 0 Å². The van der Waals surface area contributed by atoms with Crippen molar-refractivity contribution in [2.24, 2.45) is 0 Å². The Morgan fingerprint density at radius 3 is 2.56 bits per heavy atom. The molecule has 1 aromatic heterocycles. The highest BCUT2D eigenvalue weighted by molar-refractivity contribution is 5.40. The van der Waals surface area contributed by atoms with Gasteiger partial charge in [-0.1, -0.05) is 6.42 Å². The highest BCUT2D eigenvalue weighted by Gasteiger charge is 2.20. The third-order valence-electron chi connectivity index (χ3n) is 3.50. The number of hydrogen-bond donors (Lipinski definition) is 0. The summed E-state index contributed by atoms with van der Waals surface area (Å²) in [6, 6.07) is 6.44. The Bertz CT molecular complexity index is 570. The van der Waals surface area contributed by atoms with Crippen LogP contribution in [-0.4, -0.2) is 14.7 Å². The molecule has 5 heteroatoms. The van der Waals surface area contributed by atoms with Gasteiger partial charge in [0.05, 0.1) is 16.8 Å². The van der Waals surface area contributed by atoms with Crippen molar-refractivity contribution in [1.29, 1.82) is 0 Å². The molecule has 1 saturated carbocycles. The third-order valence-corrected chi connectivity index (χ3v) is 3.50. The molecule has 1 aromatic carbocycles. The highest BCUT2D eigenvalue weighted by Crippen LogP contribution is 2.36. The maximum atomic E-state index is 10.6. The molecule has 92 valence electrons. The van der Waals surface area contributed by atoms with Gasteiger partial charge in [0.1, 0.15) is 0 Å². The Morgan fingerprint density at radius 1 is 1.28 bits per heavy atom. The number of aromatic nitrogens is 2. The molecule has 0 spiro atoms. The SMILES string of the molecule is O=[N+]([O-])c1ccc(-n2cc(C3CCC3)cn2)cc1. The fraction of sp³-hybridized carbons (Fsp3) is 0.308. The quantitative estimate of drug-likeness (QED) is 0.614. The van der Waals surface area contributed by atoms with Gasteiger partial charge in [0.25, 0.3) is 5.69 Å². The van der Waals surface area contributed by atoms with Gasteiger partial charge in [-0.05, 0) is 36.5 Å². The summed E-state index contributed by atoms with van der Waals surface area (Å²) in [5, 5.41) is 14.9. The average Bonchev–Trinajstić information content (AvgIpc) is 2.76. The second-order valence-electron chi connectivity index (χ2n) is 4.62.